The highest BCUT2D eigenvalue weighted by molar-refractivity contribution is 7.10. The van der Waals surface area contributed by atoms with Gasteiger partial charge in [-0.25, -0.2) is 0 Å². The van der Waals surface area contributed by atoms with Gasteiger partial charge < -0.3 is 10.6 Å². The molecule has 3 nitrogen and oxygen atoms in total. The lowest BCUT2D eigenvalue weighted by molar-refractivity contribution is -0.126. The van der Waals surface area contributed by atoms with E-state index < -0.39 is 0 Å². The van der Waals surface area contributed by atoms with Crippen molar-refractivity contribution in [2.45, 2.75) is 64.6 Å². The van der Waals surface area contributed by atoms with Gasteiger partial charge in [-0.1, -0.05) is 12.5 Å². The smallest absolute Gasteiger partial charge is 0.223 e. The van der Waals surface area contributed by atoms with Crippen molar-refractivity contribution in [2.75, 3.05) is 0 Å². The molecule has 0 bridgehead atoms. The first-order valence-electron chi connectivity index (χ1n) is 7.66. The van der Waals surface area contributed by atoms with E-state index in [0.717, 1.165) is 19.3 Å². The number of hydrogen-bond acceptors (Lipinski definition) is 3. The quantitative estimate of drug-likeness (QED) is 0.873. The Hall–Kier alpha value is -0.870. The van der Waals surface area contributed by atoms with Gasteiger partial charge in [-0.15, -0.1) is 11.3 Å². The van der Waals surface area contributed by atoms with Crippen LogP contribution in [0.15, 0.2) is 17.5 Å². The van der Waals surface area contributed by atoms with Gasteiger partial charge in [-0.3, -0.25) is 4.79 Å². The van der Waals surface area contributed by atoms with E-state index in [1.165, 1.54) is 11.3 Å². The van der Waals surface area contributed by atoms with Gasteiger partial charge in [-0.05, 0) is 51.5 Å². The van der Waals surface area contributed by atoms with Crippen molar-refractivity contribution in [3.05, 3.63) is 22.4 Å². The molecule has 2 rings (SSSR count). The summed E-state index contributed by atoms with van der Waals surface area (Å²) in [5.41, 5.74) is 0. The fraction of sp³-hybridized carbons (Fsp3) is 0.688. The molecule has 0 radical (unpaired) electrons. The molecular formula is C16H26N2OS. The van der Waals surface area contributed by atoms with Gasteiger partial charge in [0.25, 0.3) is 0 Å². The molecule has 1 aromatic heterocycles. The number of carbonyl (C=O) groups excluding carboxylic acids is 1. The van der Waals surface area contributed by atoms with Crippen molar-refractivity contribution in [2.24, 2.45) is 5.92 Å². The van der Waals surface area contributed by atoms with Crippen molar-refractivity contribution in [3.63, 3.8) is 0 Å². The minimum absolute atomic E-state index is 0.180. The molecule has 112 valence electrons. The molecule has 0 spiro atoms. The zero-order valence-corrected chi connectivity index (χ0v) is 13.5. The van der Waals surface area contributed by atoms with Gasteiger partial charge in [0.1, 0.15) is 0 Å². The van der Waals surface area contributed by atoms with E-state index in [4.69, 9.17) is 0 Å². The summed E-state index contributed by atoms with van der Waals surface area (Å²) in [5, 5.41) is 8.86. The number of nitrogens with one attached hydrogen (secondary N) is 2. The van der Waals surface area contributed by atoms with Crippen LogP contribution in [0.3, 0.4) is 0 Å². The average Bonchev–Trinajstić information content (AvgIpc) is 2.92. The van der Waals surface area contributed by atoms with Gasteiger partial charge in [0.05, 0.1) is 0 Å². The van der Waals surface area contributed by atoms with Crippen molar-refractivity contribution < 1.29 is 4.79 Å². The van der Waals surface area contributed by atoms with Crippen LogP contribution in [0, 0.1) is 5.92 Å². The Morgan fingerprint density at radius 1 is 1.35 bits per heavy atom. The van der Waals surface area contributed by atoms with Crippen LogP contribution in [0.1, 0.15) is 57.4 Å². The molecule has 0 aromatic carbocycles. The van der Waals surface area contributed by atoms with Crippen LogP contribution in [0.4, 0.5) is 0 Å². The molecule has 2 N–H and O–H groups in total. The summed E-state index contributed by atoms with van der Waals surface area (Å²) in [4.78, 5) is 13.5. The van der Waals surface area contributed by atoms with Crippen molar-refractivity contribution in [1.82, 2.24) is 10.6 Å². The Labute approximate surface area is 126 Å². The van der Waals surface area contributed by atoms with E-state index in [1.807, 2.05) is 13.8 Å². The van der Waals surface area contributed by atoms with Crippen molar-refractivity contribution in [3.8, 4) is 0 Å². The summed E-state index contributed by atoms with van der Waals surface area (Å²) in [6, 6.07) is 5.35. The lowest BCUT2D eigenvalue weighted by Gasteiger charge is -2.31. The maximum Gasteiger partial charge on any atom is 0.223 e. The number of thiophene rings is 1. The van der Waals surface area contributed by atoms with Gasteiger partial charge in [0, 0.05) is 28.9 Å². The largest absolute Gasteiger partial charge is 0.354 e. The summed E-state index contributed by atoms with van der Waals surface area (Å²) >= 11 is 1.79. The number of hydrogen-bond donors (Lipinski definition) is 2. The van der Waals surface area contributed by atoms with Crippen LogP contribution in [0.2, 0.25) is 0 Å². The highest BCUT2D eigenvalue weighted by Gasteiger charge is 2.28. The second-order valence-corrected chi connectivity index (χ2v) is 7.11. The molecular weight excluding hydrogens is 268 g/mol. The molecule has 1 aliphatic rings. The monoisotopic (exact) mass is 294 g/mol. The lowest BCUT2D eigenvalue weighted by Crippen LogP contribution is -2.42. The fourth-order valence-electron chi connectivity index (χ4n) is 2.96. The van der Waals surface area contributed by atoms with Gasteiger partial charge >= 0.3 is 0 Å². The predicted molar refractivity (Wildman–Crippen MR) is 84.9 cm³/mol. The average molecular weight is 294 g/mol. The van der Waals surface area contributed by atoms with E-state index in [0.29, 0.717) is 12.1 Å². The summed E-state index contributed by atoms with van der Waals surface area (Å²) < 4.78 is 0. The lowest BCUT2D eigenvalue weighted by atomic mass is 9.84. The number of rotatable bonds is 5. The summed E-state index contributed by atoms with van der Waals surface area (Å²) in [6.45, 7) is 6.26. The first-order chi connectivity index (χ1) is 9.56. The fourth-order valence-corrected chi connectivity index (χ4v) is 3.70. The highest BCUT2D eigenvalue weighted by atomic mass is 32.1. The Bertz CT molecular complexity index is 416. The maximum atomic E-state index is 12.1. The van der Waals surface area contributed by atoms with Gasteiger partial charge in [-0.2, -0.15) is 0 Å². The zero-order chi connectivity index (χ0) is 14.5. The first kappa shape index (κ1) is 15.5. The maximum absolute atomic E-state index is 12.1. The van der Waals surface area contributed by atoms with E-state index in [-0.39, 0.29) is 17.9 Å². The molecule has 1 fully saturated rings. The Balaban J connectivity index is 1.85. The summed E-state index contributed by atoms with van der Waals surface area (Å²) in [6.07, 6.45) is 4.32. The van der Waals surface area contributed by atoms with Crippen LogP contribution in [-0.2, 0) is 4.79 Å². The van der Waals surface area contributed by atoms with Crippen LogP contribution in [0.5, 0.6) is 0 Å². The normalized spacial score (nSPS) is 24.6. The SMILES string of the molecule is CC(C)NC(=O)[C@@H]1CCC[C@H](N[C@@H](C)c2cccs2)C1. The number of amides is 1. The van der Waals surface area contributed by atoms with E-state index in [1.54, 1.807) is 11.3 Å². The second kappa shape index (κ2) is 7.23. The Kier molecular flexibility index (Phi) is 5.61. The molecule has 1 saturated carbocycles. The molecule has 0 aliphatic heterocycles. The molecule has 4 heteroatoms. The third kappa shape index (κ3) is 4.32. The standard InChI is InChI=1S/C16H26N2OS/c1-11(2)17-16(19)13-6-4-7-14(10-13)18-12(3)15-8-5-9-20-15/h5,8-9,11-14,18H,4,6-7,10H2,1-3H3,(H,17,19)/t12-,13+,14-/m0/s1. The topological polar surface area (TPSA) is 41.1 Å². The Morgan fingerprint density at radius 3 is 2.80 bits per heavy atom. The molecule has 20 heavy (non-hydrogen) atoms. The summed E-state index contributed by atoms with van der Waals surface area (Å²) in [5.74, 6) is 0.412. The van der Waals surface area contributed by atoms with Crippen LogP contribution in [-0.4, -0.2) is 18.0 Å². The first-order valence-corrected chi connectivity index (χ1v) is 8.54. The van der Waals surface area contributed by atoms with Crippen molar-refractivity contribution >= 4 is 17.2 Å². The van der Waals surface area contributed by atoms with Gasteiger partial charge in [0.2, 0.25) is 5.91 Å². The van der Waals surface area contributed by atoms with Crippen molar-refractivity contribution in [1.29, 1.82) is 0 Å². The second-order valence-electron chi connectivity index (χ2n) is 6.13. The zero-order valence-electron chi connectivity index (χ0n) is 12.7. The van der Waals surface area contributed by atoms with Gasteiger partial charge in [0.15, 0.2) is 0 Å². The van der Waals surface area contributed by atoms with E-state index >= 15 is 0 Å². The minimum Gasteiger partial charge on any atom is -0.354 e. The van der Waals surface area contributed by atoms with E-state index in [9.17, 15) is 4.79 Å². The molecule has 0 saturated heterocycles. The molecule has 1 amide bonds. The molecule has 1 aliphatic carbocycles. The summed E-state index contributed by atoms with van der Waals surface area (Å²) in [7, 11) is 0. The molecule has 1 aromatic rings. The van der Waals surface area contributed by atoms with E-state index in [2.05, 4.69) is 35.1 Å². The molecule has 1 heterocycles. The number of carbonyl (C=O) groups is 1. The third-order valence-corrected chi connectivity index (χ3v) is 4.99. The highest BCUT2D eigenvalue weighted by Crippen LogP contribution is 2.27. The Morgan fingerprint density at radius 2 is 2.15 bits per heavy atom. The van der Waals surface area contributed by atoms with Crippen LogP contribution < -0.4 is 10.6 Å². The third-order valence-electron chi connectivity index (χ3n) is 3.93. The predicted octanol–water partition coefficient (Wildman–Crippen LogP) is 3.48. The van der Waals surface area contributed by atoms with Crippen LogP contribution >= 0.6 is 11.3 Å². The molecule has 3 atom stereocenters. The minimum atomic E-state index is 0.180. The molecule has 0 unspecified atom stereocenters. The van der Waals surface area contributed by atoms with Crippen LogP contribution in [0.25, 0.3) is 0 Å².